The molecule has 0 saturated carbocycles. The van der Waals surface area contributed by atoms with E-state index in [1.165, 1.54) is 10.9 Å². The van der Waals surface area contributed by atoms with Crippen LogP contribution in [0, 0.1) is 6.08 Å². The molecule has 4 rings (SSSR count). The molecule has 1 aliphatic rings. The fourth-order valence-electron chi connectivity index (χ4n) is 3.01. The number of aromatic nitrogens is 4. The van der Waals surface area contributed by atoms with Gasteiger partial charge in [0, 0.05) is 0 Å². The zero-order chi connectivity index (χ0) is 19.8. The Kier molecular flexibility index (Phi) is 4.63. The van der Waals surface area contributed by atoms with Crippen molar-refractivity contribution in [3.05, 3.63) is 48.3 Å². The molecule has 1 saturated heterocycles. The van der Waals surface area contributed by atoms with E-state index in [-0.39, 0.29) is 23.6 Å². The highest BCUT2D eigenvalue weighted by atomic mass is 19.1. The van der Waals surface area contributed by atoms with Gasteiger partial charge in [0.15, 0.2) is 23.2 Å². The van der Waals surface area contributed by atoms with Gasteiger partial charge in [0.25, 0.3) is 0 Å². The number of ether oxygens (including phenoxy) is 2. The minimum absolute atomic E-state index is 0.00294. The summed E-state index contributed by atoms with van der Waals surface area (Å²) in [4.78, 5) is 23.0. The first-order chi connectivity index (χ1) is 13.5. The smallest absolute Gasteiger partial charge is 0.338 e. The van der Waals surface area contributed by atoms with Crippen molar-refractivity contribution in [1.82, 2.24) is 19.5 Å². The maximum atomic E-state index is 13.5. The number of fused-ring (bicyclic) bond motifs is 1. The van der Waals surface area contributed by atoms with E-state index < -0.39 is 36.6 Å². The molecule has 0 radical (unpaired) electrons. The van der Waals surface area contributed by atoms with E-state index in [1.807, 2.05) is 0 Å². The highest BCUT2D eigenvalue weighted by Gasteiger charge is 2.45. The molecule has 3 aromatic rings. The monoisotopic (exact) mass is 389 g/mol. The summed E-state index contributed by atoms with van der Waals surface area (Å²) in [7, 11) is 0. The molecule has 0 unspecified atom stereocenters. The Bertz CT molecular complexity index is 1010. The molecule has 0 bridgehead atoms. The van der Waals surface area contributed by atoms with Gasteiger partial charge in [0.1, 0.15) is 24.9 Å². The van der Waals surface area contributed by atoms with E-state index in [0.717, 1.165) is 0 Å². The van der Waals surface area contributed by atoms with E-state index in [4.69, 9.17) is 15.2 Å². The lowest BCUT2D eigenvalue weighted by Crippen LogP contribution is -2.34. The SMILES string of the molecule is Nc1nc(F)nc2c1ncn2[C@@H]1O[C@H](COC(=O)c2ccccc2)[C@@H](O)[C@H]1O. The fraction of sp³-hybridized carbons (Fsp3) is 0.294. The average molecular weight is 389 g/mol. The molecule has 0 aliphatic carbocycles. The van der Waals surface area contributed by atoms with Gasteiger partial charge >= 0.3 is 12.0 Å². The third kappa shape index (κ3) is 3.15. The maximum Gasteiger partial charge on any atom is 0.338 e. The maximum absolute atomic E-state index is 13.5. The standard InChI is InChI=1S/C17H16FN5O5/c18-17-21-13(19)10-14(22-17)23(7-20-10)15-12(25)11(24)9(28-15)6-27-16(26)8-4-2-1-3-5-8/h1-5,7,9,11-12,15,24-25H,6H2,(H2,19,21,22)/t9-,11-,12-,15-/m1/s1. The van der Waals surface area contributed by atoms with Crippen molar-refractivity contribution >= 4 is 23.0 Å². The molecule has 2 aromatic heterocycles. The van der Waals surface area contributed by atoms with Crippen molar-refractivity contribution in [2.45, 2.75) is 24.5 Å². The second kappa shape index (κ2) is 7.11. The Morgan fingerprint density at radius 2 is 2.00 bits per heavy atom. The van der Waals surface area contributed by atoms with Gasteiger partial charge in [-0.05, 0) is 12.1 Å². The predicted octanol–water partition coefficient (Wildman–Crippen LogP) is 0.0238. The Morgan fingerprint density at radius 1 is 1.25 bits per heavy atom. The van der Waals surface area contributed by atoms with Crippen molar-refractivity contribution < 1.29 is 28.9 Å². The van der Waals surface area contributed by atoms with Crippen LogP contribution in [0.5, 0.6) is 0 Å². The topological polar surface area (TPSA) is 146 Å². The number of nitrogen functional groups attached to an aromatic ring is 1. The first-order valence-corrected chi connectivity index (χ1v) is 8.35. The summed E-state index contributed by atoms with van der Waals surface area (Å²) in [5, 5.41) is 20.6. The van der Waals surface area contributed by atoms with E-state index in [9.17, 15) is 19.4 Å². The number of nitrogens with two attached hydrogens (primary N) is 1. The normalized spacial score (nSPS) is 24.5. The van der Waals surface area contributed by atoms with Crippen LogP contribution in [0.1, 0.15) is 16.6 Å². The van der Waals surface area contributed by atoms with Gasteiger partial charge in [0.05, 0.1) is 11.9 Å². The number of carbonyl (C=O) groups is 1. The second-order valence-electron chi connectivity index (χ2n) is 6.21. The Balaban J connectivity index is 1.51. The molecule has 4 atom stereocenters. The van der Waals surface area contributed by atoms with Crippen LogP contribution in [0.25, 0.3) is 11.2 Å². The predicted molar refractivity (Wildman–Crippen MR) is 92.3 cm³/mol. The fourth-order valence-corrected chi connectivity index (χ4v) is 3.01. The van der Waals surface area contributed by atoms with Crippen LogP contribution in [-0.4, -0.2) is 60.6 Å². The number of anilines is 1. The molecule has 0 spiro atoms. The number of nitrogens with zero attached hydrogens (tertiary/aromatic N) is 4. The van der Waals surface area contributed by atoms with Crippen LogP contribution >= 0.6 is 0 Å². The highest BCUT2D eigenvalue weighted by Crippen LogP contribution is 2.32. The highest BCUT2D eigenvalue weighted by molar-refractivity contribution is 5.89. The molecule has 11 heteroatoms. The van der Waals surface area contributed by atoms with Gasteiger partial charge in [-0.15, -0.1) is 0 Å². The van der Waals surface area contributed by atoms with Gasteiger partial charge in [-0.2, -0.15) is 14.4 Å². The number of aliphatic hydroxyl groups excluding tert-OH is 2. The Hall–Kier alpha value is -3.15. The number of carbonyl (C=O) groups excluding carboxylic acids is 1. The molecular formula is C17H16FN5O5. The summed E-state index contributed by atoms with van der Waals surface area (Å²) in [5.74, 6) is -0.757. The van der Waals surface area contributed by atoms with Crippen LogP contribution in [-0.2, 0) is 9.47 Å². The van der Waals surface area contributed by atoms with Crippen LogP contribution in [0.15, 0.2) is 36.7 Å². The third-order valence-corrected chi connectivity index (χ3v) is 4.42. The van der Waals surface area contributed by atoms with Gasteiger partial charge in [-0.1, -0.05) is 18.2 Å². The number of halogens is 1. The van der Waals surface area contributed by atoms with E-state index >= 15 is 0 Å². The van der Waals surface area contributed by atoms with E-state index in [1.54, 1.807) is 30.3 Å². The summed E-state index contributed by atoms with van der Waals surface area (Å²) < 4.78 is 25.5. The molecule has 28 heavy (non-hydrogen) atoms. The van der Waals surface area contributed by atoms with Crippen molar-refractivity contribution in [3.63, 3.8) is 0 Å². The van der Waals surface area contributed by atoms with E-state index in [0.29, 0.717) is 5.56 Å². The summed E-state index contributed by atoms with van der Waals surface area (Å²) in [6.07, 6.45) is -4.70. The Labute approximate surface area is 157 Å². The number of hydrogen-bond acceptors (Lipinski definition) is 9. The number of esters is 1. The second-order valence-corrected chi connectivity index (χ2v) is 6.21. The van der Waals surface area contributed by atoms with Gasteiger partial charge in [0.2, 0.25) is 0 Å². The number of aliphatic hydroxyl groups is 2. The molecular weight excluding hydrogens is 373 g/mol. The molecule has 10 nitrogen and oxygen atoms in total. The molecule has 1 fully saturated rings. The molecule has 0 amide bonds. The van der Waals surface area contributed by atoms with Gasteiger partial charge in [-0.25, -0.2) is 9.78 Å². The molecule has 1 aromatic carbocycles. The lowest BCUT2D eigenvalue weighted by molar-refractivity contribution is -0.0565. The van der Waals surface area contributed by atoms with Crippen LogP contribution in [0.3, 0.4) is 0 Å². The minimum Gasteiger partial charge on any atom is -0.459 e. The summed E-state index contributed by atoms with van der Waals surface area (Å²) in [5.41, 5.74) is 6.09. The van der Waals surface area contributed by atoms with Crippen LogP contribution in [0.2, 0.25) is 0 Å². The quantitative estimate of drug-likeness (QED) is 0.415. The third-order valence-electron chi connectivity index (χ3n) is 4.42. The number of rotatable bonds is 4. The molecule has 1 aliphatic heterocycles. The lowest BCUT2D eigenvalue weighted by Gasteiger charge is -2.16. The molecule has 146 valence electrons. The van der Waals surface area contributed by atoms with E-state index in [2.05, 4.69) is 15.0 Å². The Morgan fingerprint density at radius 3 is 2.75 bits per heavy atom. The lowest BCUT2D eigenvalue weighted by atomic mass is 10.1. The minimum atomic E-state index is -1.39. The summed E-state index contributed by atoms with van der Waals surface area (Å²) >= 11 is 0. The zero-order valence-electron chi connectivity index (χ0n) is 14.3. The van der Waals surface area contributed by atoms with Crippen LogP contribution < -0.4 is 5.73 Å². The largest absolute Gasteiger partial charge is 0.459 e. The van der Waals surface area contributed by atoms with Crippen molar-refractivity contribution in [2.75, 3.05) is 12.3 Å². The van der Waals surface area contributed by atoms with Gasteiger partial charge < -0.3 is 25.4 Å². The average Bonchev–Trinajstić information content (AvgIpc) is 3.22. The van der Waals surface area contributed by atoms with Crippen molar-refractivity contribution in [1.29, 1.82) is 0 Å². The summed E-state index contributed by atoms with van der Waals surface area (Å²) in [6, 6.07) is 8.31. The molecule has 3 heterocycles. The zero-order valence-corrected chi connectivity index (χ0v) is 14.3. The summed E-state index contributed by atoms with van der Waals surface area (Å²) in [6.45, 7) is -0.291. The van der Waals surface area contributed by atoms with Crippen molar-refractivity contribution in [2.24, 2.45) is 0 Å². The van der Waals surface area contributed by atoms with Crippen molar-refractivity contribution in [3.8, 4) is 0 Å². The van der Waals surface area contributed by atoms with Gasteiger partial charge in [-0.3, -0.25) is 4.57 Å². The number of hydrogen-bond donors (Lipinski definition) is 3. The first kappa shape index (κ1) is 18.2. The molecule has 4 N–H and O–H groups in total. The van der Waals surface area contributed by atoms with Crippen LogP contribution in [0.4, 0.5) is 10.2 Å². The number of imidazole rings is 1. The number of benzene rings is 1. The first-order valence-electron chi connectivity index (χ1n) is 8.35.